The molecule has 1 saturated carbocycles. The Bertz CT molecular complexity index is 844. The Hall–Kier alpha value is -1.70. The Kier molecular flexibility index (Phi) is 4.17. The number of piperazine rings is 1. The zero-order chi connectivity index (χ0) is 17.6. The molecule has 0 unspecified atom stereocenters. The summed E-state index contributed by atoms with van der Waals surface area (Å²) in [7, 11) is -1.53. The second kappa shape index (κ2) is 6.23. The van der Waals surface area contributed by atoms with E-state index in [1.807, 2.05) is 7.05 Å². The summed E-state index contributed by atoms with van der Waals surface area (Å²) in [5, 5.41) is 2.88. The molecule has 0 aromatic heterocycles. The number of rotatable bonds is 2. The van der Waals surface area contributed by atoms with E-state index in [1.54, 1.807) is 22.5 Å². The Morgan fingerprint density at radius 3 is 2.40 bits per heavy atom. The van der Waals surface area contributed by atoms with E-state index < -0.39 is 10.0 Å². The van der Waals surface area contributed by atoms with Crippen molar-refractivity contribution in [3.05, 3.63) is 29.3 Å². The maximum atomic E-state index is 13.0. The predicted molar refractivity (Wildman–Crippen MR) is 96.7 cm³/mol. The van der Waals surface area contributed by atoms with Crippen LogP contribution in [0.2, 0.25) is 0 Å². The number of carbonyl (C=O) groups excluding carboxylic acids is 1. The quantitative estimate of drug-likeness (QED) is 0.817. The van der Waals surface area contributed by atoms with Gasteiger partial charge in [0.2, 0.25) is 10.0 Å². The summed E-state index contributed by atoms with van der Waals surface area (Å²) in [6.45, 7) is 2.47. The number of nitrogens with zero attached hydrogens (tertiary/aromatic N) is 2. The molecule has 134 valence electrons. The van der Waals surface area contributed by atoms with Crippen LogP contribution in [0.3, 0.4) is 0 Å². The fraction of sp³-hybridized carbons (Fsp3) is 0.500. The fourth-order valence-corrected chi connectivity index (χ4v) is 5.34. The molecule has 3 aliphatic rings. The summed E-state index contributed by atoms with van der Waals surface area (Å²) in [5.41, 5.74) is 3.32. The summed E-state index contributed by atoms with van der Waals surface area (Å²) in [4.78, 5) is 14.8. The Morgan fingerprint density at radius 1 is 1.04 bits per heavy atom. The van der Waals surface area contributed by atoms with Gasteiger partial charge in [0.05, 0.1) is 4.90 Å². The van der Waals surface area contributed by atoms with Gasteiger partial charge in [0.1, 0.15) is 0 Å². The van der Waals surface area contributed by atoms with E-state index in [4.69, 9.17) is 0 Å². The third-order valence-electron chi connectivity index (χ3n) is 5.40. The van der Waals surface area contributed by atoms with Gasteiger partial charge in [0, 0.05) is 43.0 Å². The molecule has 7 heteroatoms. The fourth-order valence-electron chi connectivity index (χ4n) is 3.89. The SMILES string of the molecule is CN1CCN(S(=O)(=O)c2ccc3c(c2)C(=C2CCCC2)C(=O)N3)CC1. The summed E-state index contributed by atoms with van der Waals surface area (Å²) in [6.07, 6.45) is 4.05. The predicted octanol–water partition coefficient (Wildman–Crippen LogP) is 1.90. The number of benzene rings is 1. The minimum absolute atomic E-state index is 0.0963. The lowest BCUT2D eigenvalue weighted by Gasteiger charge is -2.31. The van der Waals surface area contributed by atoms with Gasteiger partial charge in [-0.2, -0.15) is 4.31 Å². The van der Waals surface area contributed by atoms with Crippen LogP contribution in [0.25, 0.3) is 5.57 Å². The molecule has 2 heterocycles. The first-order chi connectivity index (χ1) is 12.0. The maximum Gasteiger partial charge on any atom is 0.256 e. The van der Waals surface area contributed by atoms with Crippen LogP contribution in [0.5, 0.6) is 0 Å². The van der Waals surface area contributed by atoms with E-state index >= 15 is 0 Å². The van der Waals surface area contributed by atoms with Crippen LogP contribution < -0.4 is 5.32 Å². The first kappa shape index (κ1) is 16.8. The zero-order valence-electron chi connectivity index (χ0n) is 14.4. The topological polar surface area (TPSA) is 69.7 Å². The van der Waals surface area contributed by atoms with Crippen molar-refractivity contribution in [2.45, 2.75) is 30.6 Å². The molecule has 25 heavy (non-hydrogen) atoms. The Morgan fingerprint density at radius 2 is 1.72 bits per heavy atom. The number of hydrogen-bond donors (Lipinski definition) is 1. The van der Waals surface area contributed by atoms with Crippen molar-refractivity contribution >= 4 is 27.2 Å². The summed E-state index contributed by atoms with van der Waals surface area (Å²) < 4.78 is 27.5. The lowest BCUT2D eigenvalue weighted by Crippen LogP contribution is -2.47. The molecular weight excluding hydrogens is 338 g/mol. The second-order valence-corrected chi connectivity index (χ2v) is 8.99. The van der Waals surface area contributed by atoms with Gasteiger partial charge in [-0.1, -0.05) is 5.57 Å². The first-order valence-corrected chi connectivity index (χ1v) is 10.3. The summed E-state index contributed by atoms with van der Waals surface area (Å²) in [5.74, 6) is -0.0963. The van der Waals surface area contributed by atoms with Gasteiger partial charge in [-0.25, -0.2) is 8.42 Å². The lowest BCUT2D eigenvalue weighted by molar-refractivity contribution is -0.110. The molecule has 1 amide bonds. The average molecular weight is 361 g/mol. The Balaban J connectivity index is 1.72. The summed E-state index contributed by atoms with van der Waals surface area (Å²) >= 11 is 0. The van der Waals surface area contributed by atoms with Gasteiger partial charge < -0.3 is 10.2 Å². The standard InChI is InChI=1S/C18H23N3O3S/c1-20-8-10-21(11-9-20)25(23,24)14-6-7-16-15(12-14)17(18(22)19-16)13-4-2-3-5-13/h6-7,12H,2-5,8-11H2,1H3,(H,19,22). The number of sulfonamides is 1. The van der Waals surface area contributed by atoms with Gasteiger partial charge >= 0.3 is 0 Å². The summed E-state index contributed by atoms with van der Waals surface area (Å²) in [6, 6.07) is 5.01. The first-order valence-electron chi connectivity index (χ1n) is 8.83. The van der Waals surface area contributed by atoms with Crippen molar-refractivity contribution in [1.82, 2.24) is 9.21 Å². The van der Waals surface area contributed by atoms with Crippen molar-refractivity contribution in [3.8, 4) is 0 Å². The molecule has 1 aromatic rings. The minimum atomic E-state index is -3.53. The third kappa shape index (κ3) is 2.90. The molecular formula is C18H23N3O3S. The van der Waals surface area contributed by atoms with Crippen molar-refractivity contribution in [1.29, 1.82) is 0 Å². The highest BCUT2D eigenvalue weighted by molar-refractivity contribution is 7.89. The van der Waals surface area contributed by atoms with Crippen LogP contribution in [0.1, 0.15) is 31.2 Å². The number of fused-ring (bicyclic) bond motifs is 1. The highest BCUT2D eigenvalue weighted by atomic mass is 32.2. The number of amides is 1. The molecule has 0 spiro atoms. The maximum absolute atomic E-state index is 13.0. The molecule has 0 radical (unpaired) electrons. The number of allylic oxidation sites excluding steroid dienone is 1. The van der Waals surface area contributed by atoms with Gasteiger partial charge in [-0.15, -0.1) is 0 Å². The van der Waals surface area contributed by atoms with Gasteiger partial charge in [-0.05, 0) is 50.9 Å². The number of nitrogens with one attached hydrogen (secondary N) is 1. The largest absolute Gasteiger partial charge is 0.321 e. The van der Waals surface area contributed by atoms with Crippen molar-refractivity contribution in [3.63, 3.8) is 0 Å². The van der Waals surface area contributed by atoms with Crippen LogP contribution in [0.4, 0.5) is 5.69 Å². The molecule has 2 aliphatic heterocycles. The van der Waals surface area contributed by atoms with Crippen LogP contribution in [-0.2, 0) is 14.8 Å². The van der Waals surface area contributed by atoms with Crippen LogP contribution in [-0.4, -0.2) is 56.8 Å². The number of anilines is 1. The van der Waals surface area contributed by atoms with Crippen molar-refractivity contribution < 1.29 is 13.2 Å². The normalized spacial score (nSPS) is 22.4. The van der Waals surface area contributed by atoms with Crippen LogP contribution in [0, 0.1) is 0 Å². The van der Waals surface area contributed by atoms with E-state index in [0.29, 0.717) is 18.7 Å². The molecule has 1 aliphatic carbocycles. The number of likely N-dealkylation sites (N-methyl/N-ethyl adjacent to an activating group) is 1. The van der Waals surface area contributed by atoms with E-state index in [0.717, 1.165) is 55.6 Å². The molecule has 0 atom stereocenters. The highest BCUT2D eigenvalue weighted by Gasteiger charge is 2.32. The Labute approximate surface area is 148 Å². The minimum Gasteiger partial charge on any atom is -0.321 e. The zero-order valence-corrected chi connectivity index (χ0v) is 15.2. The molecule has 1 saturated heterocycles. The lowest BCUT2D eigenvalue weighted by atomic mass is 10.00. The van der Waals surface area contributed by atoms with Crippen LogP contribution >= 0.6 is 0 Å². The van der Waals surface area contributed by atoms with E-state index in [1.165, 1.54) is 0 Å². The molecule has 6 nitrogen and oxygen atoms in total. The third-order valence-corrected chi connectivity index (χ3v) is 7.29. The smallest absolute Gasteiger partial charge is 0.256 e. The average Bonchev–Trinajstić information content (AvgIpc) is 3.20. The highest BCUT2D eigenvalue weighted by Crippen LogP contribution is 2.40. The van der Waals surface area contributed by atoms with Gasteiger partial charge in [0.25, 0.3) is 5.91 Å². The molecule has 2 fully saturated rings. The van der Waals surface area contributed by atoms with Crippen molar-refractivity contribution in [2.24, 2.45) is 0 Å². The molecule has 1 N–H and O–H groups in total. The van der Waals surface area contributed by atoms with E-state index in [2.05, 4.69) is 10.2 Å². The number of carbonyl (C=O) groups is 1. The van der Waals surface area contributed by atoms with Crippen LogP contribution in [0.15, 0.2) is 28.7 Å². The van der Waals surface area contributed by atoms with Crippen molar-refractivity contribution in [2.75, 3.05) is 38.5 Å². The van der Waals surface area contributed by atoms with E-state index in [9.17, 15) is 13.2 Å². The van der Waals surface area contributed by atoms with Gasteiger partial charge in [-0.3, -0.25) is 4.79 Å². The monoisotopic (exact) mass is 361 g/mol. The van der Waals surface area contributed by atoms with Gasteiger partial charge in [0.15, 0.2) is 0 Å². The number of hydrogen-bond acceptors (Lipinski definition) is 4. The molecule has 1 aromatic carbocycles. The molecule has 4 rings (SSSR count). The molecule has 0 bridgehead atoms. The van der Waals surface area contributed by atoms with E-state index in [-0.39, 0.29) is 10.8 Å². The second-order valence-electron chi connectivity index (χ2n) is 7.05.